The van der Waals surface area contributed by atoms with E-state index in [9.17, 15) is 4.79 Å². The Morgan fingerprint density at radius 3 is 2.42 bits per heavy atom. The molecule has 0 spiro atoms. The third kappa shape index (κ3) is 3.11. The van der Waals surface area contributed by atoms with Gasteiger partial charge in [-0.15, -0.1) is 0 Å². The Bertz CT molecular complexity index is 322. The lowest BCUT2D eigenvalue weighted by atomic mass is 9.64. The summed E-state index contributed by atoms with van der Waals surface area (Å²) >= 11 is 0. The molecule has 4 heteroatoms. The number of carbonyl (C=O) groups is 1. The maximum Gasteiger partial charge on any atom is 0.220 e. The second kappa shape index (κ2) is 5.80. The zero-order chi connectivity index (χ0) is 14.0. The average Bonchev–Trinajstić information content (AvgIpc) is 2.38. The van der Waals surface area contributed by atoms with E-state index >= 15 is 0 Å². The second-order valence-corrected chi connectivity index (χ2v) is 6.67. The van der Waals surface area contributed by atoms with E-state index in [2.05, 4.69) is 26.1 Å². The van der Waals surface area contributed by atoms with Crippen LogP contribution in [0.5, 0.6) is 0 Å². The molecule has 4 nitrogen and oxygen atoms in total. The molecular formula is C15H28N2O2. The lowest BCUT2D eigenvalue weighted by Crippen LogP contribution is -2.63. The predicted molar refractivity (Wildman–Crippen MR) is 75.7 cm³/mol. The van der Waals surface area contributed by atoms with Crippen molar-refractivity contribution in [2.75, 3.05) is 6.61 Å². The Kier molecular flexibility index (Phi) is 4.51. The fourth-order valence-electron chi connectivity index (χ4n) is 3.48. The van der Waals surface area contributed by atoms with Crippen LogP contribution in [0.15, 0.2) is 0 Å². The van der Waals surface area contributed by atoms with Gasteiger partial charge in [-0.3, -0.25) is 4.79 Å². The minimum absolute atomic E-state index is 0.101. The van der Waals surface area contributed by atoms with Gasteiger partial charge in [0.1, 0.15) is 0 Å². The van der Waals surface area contributed by atoms with Crippen LogP contribution in [-0.4, -0.2) is 30.7 Å². The predicted octanol–water partition coefficient (Wildman–Crippen LogP) is 1.82. The molecular weight excluding hydrogens is 240 g/mol. The van der Waals surface area contributed by atoms with Crippen LogP contribution < -0.4 is 11.1 Å². The second-order valence-electron chi connectivity index (χ2n) is 6.67. The first-order valence-electron chi connectivity index (χ1n) is 7.62. The first-order chi connectivity index (χ1) is 8.95. The lowest BCUT2D eigenvalue weighted by Gasteiger charge is -2.53. The SMILES string of the molecule is CCOC1CC(NC2CCC(C(N)=O)CC2)C1(C)C. The highest BCUT2D eigenvalue weighted by molar-refractivity contribution is 5.76. The molecule has 2 saturated carbocycles. The van der Waals surface area contributed by atoms with Gasteiger partial charge in [-0.25, -0.2) is 0 Å². The van der Waals surface area contributed by atoms with Crippen molar-refractivity contribution >= 4 is 5.91 Å². The number of ether oxygens (including phenoxy) is 1. The van der Waals surface area contributed by atoms with Crippen molar-refractivity contribution < 1.29 is 9.53 Å². The molecule has 2 rings (SSSR count). The van der Waals surface area contributed by atoms with E-state index in [0.29, 0.717) is 18.2 Å². The highest BCUT2D eigenvalue weighted by Crippen LogP contribution is 2.43. The third-order valence-corrected chi connectivity index (χ3v) is 5.11. The molecule has 3 N–H and O–H groups in total. The van der Waals surface area contributed by atoms with E-state index in [4.69, 9.17) is 10.5 Å². The summed E-state index contributed by atoms with van der Waals surface area (Å²) in [5.41, 5.74) is 5.59. The van der Waals surface area contributed by atoms with Gasteiger partial charge in [0.25, 0.3) is 0 Å². The Morgan fingerprint density at radius 1 is 1.32 bits per heavy atom. The van der Waals surface area contributed by atoms with Gasteiger partial charge in [0, 0.05) is 30.0 Å². The van der Waals surface area contributed by atoms with Gasteiger partial charge in [-0.05, 0) is 39.0 Å². The number of rotatable bonds is 5. The van der Waals surface area contributed by atoms with E-state index in [0.717, 1.165) is 38.7 Å². The topological polar surface area (TPSA) is 64.3 Å². The van der Waals surface area contributed by atoms with E-state index in [1.165, 1.54) is 0 Å². The molecule has 2 aliphatic carbocycles. The molecule has 0 aromatic carbocycles. The largest absolute Gasteiger partial charge is 0.378 e. The summed E-state index contributed by atoms with van der Waals surface area (Å²) < 4.78 is 5.76. The molecule has 0 radical (unpaired) electrons. The summed E-state index contributed by atoms with van der Waals surface area (Å²) in [6.07, 6.45) is 5.51. The lowest BCUT2D eigenvalue weighted by molar-refractivity contribution is -0.124. The van der Waals surface area contributed by atoms with E-state index in [1.807, 2.05) is 0 Å². The van der Waals surface area contributed by atoms with Gasteiger partial charge in [-0.2, -0.15) is 0 Å². The van der Waals surface area contributed by atoms with Crippen molar-refractivity contribution in [2.24, 2.45) is 17.1 Å². The van der Waals surface area contributed by atoms with Crippen LogP contribution in [0.4, 0.5) is 0 Å². The highest BCUT2D eigenvalue weighted by Gasteiger charge is 2.49. The Hall–Kier alpha value is -0.610. The summed E-state index contributed by atoms with van der Waals surface area (Å²) in [5, 5.41) is 3.76. The molecule has 2 atom stereocenters. The van der Waals surface area contributed by atoms with Crippen LogP contribution in [0.2, 0.25) is 0 Å². The molecule has 0 bridgehead atoms. The van der Waals surface area contributed by atoms with Crippen molar-refractivity contribution in [1.82, 2.24) is 5.32 Å². The molecule has 0 aromatic heterocycles. The highest BCUT2D eigenvalue weighted by atomic mass is 16.5. The van der Waals surface area contributed by atoms with Crippen LogP contribution in [0.3, 0.4) is 0 Å². The van der Waals surface area contributed by atoms with Gasteiger partial charge in [0.2, 0.25) is 5.91 Å². The van der Waals surface area contributed by atoms with Crippen molar-refractivity contribution in [3.05, 3.63) is 0 Å². The van der Waals surface area contributed by atoms with Gasteiger partial charge >= 0.3 is 0 Å². The summed E-state index contributed by atoms with van der Waals surface area (Å²) in [7, 11) is 0. The number of carbonyl (C=O) groups excluding carboxylic acids is 1. The van der Waals surface area contributed by atoms with Crippen LogP contribution in [0.25, 0.3) is 0 Å². The minimum Gasteiger partial charge on any atom is -0.378 e. The van der Waals surface area contributed by atoms with Crippen LogP contribution in [-0.2, 0) is 9.53 Å². The molecule has 2 unspecified atom stereocenters. The van der Waals surface area contributed by atoms with Crippen molar-refractivity contribution in [2.45, 2.75) is 71.1 Å². The number of nitrogens with two attached hydrogens (primary N) is 1. The van der Waals surface area contributed by atoms with Crippen LogP contribution in [0, 0.1) is 11.3 Å². The number of hydrogen-bond donors (Lipinski definition) is 2. The maximum atomic E-state index is 11.2. The molecule has 2 aliphatic rings. The summed E-state index contributed by atoms with van der Waals surface area (Å²) in [6, 6.07) is 1.08. The maximum absolute atomic E-state index is 11.2. The van der Waals surface area contributed by atoms with Gasteiger partial charge < -0.3 is 15.8 Å². The number of hydrogen-bond acceptors (Lipinski definition) is 3. The zero-order valence-electron chi connectivity index (χ0n) is 12.4. The van der Waals surface area contributed by atoms with Gasteiger partial charge in [0.05, 0.1) is 6.10 Å². The Labute approximate surface area is 116 Å². The van der Waals surface area contributed by atoms with E-state index in [-0.39, 0.29) is 17.2 Å². The Morgan fingerprint density at radius 2 is 1.95 bits per heavy atom. The summed E-state index contributed by atoms with van der Waals surface area (Å²) in [6.45, 7) is 7.42. The van der Waals surface area contributed by atoms with E-state index in [1.54, 1.807) is 0 Å². The standard InChI is InChI=1S/C15H28N2O2/c1-4-19-13-9-12(15(13,2)3)17-11-7-5-10(6-8-11)14(16)18/h10-13,17H,4-9H2,1-3H3,(H2,16,18). The quantitative estimate of drug-likeness (QED) is 0.799. The van der Waals surface area contributed by atoms with Crippen molar-refractivity contribution in [1.29, 1.82) is 0 Å². The average molecular weight is 268 g/mol. The molecule has 110 valence electrons. The van der Waals surface area contributed by atoms with Gasteiger partial charge in [0.15, 0.2) is 0 Å². The first kappa shape index (κ1) is 14.8. The molecule has 2 fully saturated rings. The minimum atomic E-state index is -0.126. The first-order valence-corrected chi connectivity index (χ1v) is 7.62. The molecule has 0 aliphatic heterocycles. The Balaban J connectivity index is 1.77. The normalized spacial score (nSPS) is 37.6. The summed E-state index contributed by atoms with van der Waals surface area (Å²) in [5.74, 6) is -0.0255. The molecule has 0 aromatic rings. The molecule has 1 amide bonds. The van der Waals surface area contributed by atoms with Crippen LogP contribution in [0.1, 0.15) is 52.9 Å². The number of primary amides is 1. The number of nitrogens with one attached hydrogen (secondary N) is 1. The monoisotopic (exact) mass is 268 g/mol. The van der Waals surface area contributed by atoms with E-state index < -0.39 is 0 Å². The summed E-state index contributed by atoms with van der Waals surface area (Å²) in [4.78, 5) is 11.2. The fourth-order valence-corrected chi connectivity index (χ4v) is 3.48. The fraction of sp³-hybridized carbons (Fsp3) is 0.933. The number of amides is 1. The third-order valence-electron chi connectivity index (χ3n) is 5.11. The van der Waals surface area contributed by atoms with Crippen molar-refractivity contribution in [3.63, 3.8) is 0 Å². The molecule has 0 heterocycles. The molecule has 0 saturated heterocycles. The zero-order valence-corrected chi connectivity index (χ0v) is 12.4. The van der Waals surface area contributed by atoms with Crippen molar-refractivity contribution in [3.8, 4) is 0 Å². The van der Waals surface area contributed by atoms with Gasteiger partial charge in [-0.1, -0.05) is 13.8 Å². The smallest absolute Gasteiger partial charge is 0.220 e. The van der Waals surface area contributed by atoms with Crippen LogP contribution >= 0.6 is 0 Å². The molecule has 19 heavy (non-hydrogen) atoms.